The summed E-state index contributed by atoms with van der Waals surface area (Å²) in [7, 11) is 0. The van der Waals surface area contributed by atoms with Crippen molar-refractivity contribution in [3.63, 3.8) is 0 Å². The molecule has 3 rings (SSSR count). The van der Waals surface area contributed by atoms with Gasteiger partial charge < -0.3 is 5.32 Å². The van der Waals surface area contributed by atoms with Gasteiger partial charge in [0.1, 0.15) is 18.7 Å². The minimum Gasteiger partial charge on any atom is -0.324 e. The topological polar surface area (TPSA) is 77.6 Å². The average Bonchev–Trinajstić information content (AvgIpc) is 3.20. The number of carbonyl (C=O) groups excluding carboxylic acids is 1. The van der Waals surface area contributed by atoms with E-state index >= 15 is 0 Å². The number of carbonyl (C=O) groups is 1. The van der Waals surface area contributed by atoms with E-state index in [0.29, 0.717) is 13.0 Å². The molecule has 0 aliphatic carbocycles. The summed E-state index contributed by atoms with van der Waals surface area (Å²) in [5.74, 6) is -0.0577. The molecule has 0 bridgehead atoms. The van der Waals surface area contributed by atoms with Crippen LogP contribution in [0, 0.1) is 13.8 Å². The van der Waals surface area contributed by atoms with Crippen LogP contribution in [-0.4, -0.2) is 30.5 Å². The Hall–Kier alpha value is -2.96. The molecule has 3 aromatic rings. The van der Waals surface area contributed by atoms with Gasteiger partial charge >= 0.3 is 0 Å². The minimum absolute atomic E-state index is 0.0577. The first kappa shape index (κ1) is 16.9. The van der Waals surface area contributed by atoms with E-state index in [4.69, 9.17) is 0 Å². The van der Waals surface area contributed by atoms with Crippen LogP contribution in [0.15, 0.2) is 43.0 Å². The van der Waals surface area contributed by atoms with E-state index in [2.05, 4.69) is 20.5 Å². The number of hydrogen-bond donors (Lipinski definition) is 1. The smallest absolute Gasteiger partial charge is 0.249 e. The first-order valence-corrected chi connectivity index (χ1v) is 8.31. The van der Waals surface area contributed by atoms with Crippen LogP contribution in [0.2, 0.25) is 0 Å². The van der Waals surface area contributed by atoms with E-state index in [1.54, 1.807) is 15.7 Å². The molecule has 0 aliphatic heterocycles. The number of amides is 1. The molecule has 0 spiro atoms. The minimum atomic E-state index is -0.316. The highest BCUT2D eigenvalue weighted by atomic mass is 16.2. The molecular formula is C18H22N6O. The van der Waals surface area contributed by atoms with Crippen molar-refractivity contribution in [3.05, 3.63) is 59.9 Å². The van der Waals surface area contributed by atoms with Gasteiger partial charge in [-0.2, -0.15) is 10.2 Å². The van der Waals surface area contributed by atoms with Crippen molar-refractivity contribution in [3.8, 4) is 0 Å². The number of rotatable bonds is 6. The highest BCUT2D eigenvalue weighted by Crippen LogP contribution is 2.18. The molecule has 0 radical (unpaired) electrons. The third-order valence-electron chi connectivity index (χ3n) is 4.06. The van der Waals surface area contributed by atoms with Crippen molar-refractivity contribution in [1.82, 2.24) is 24.5 Å². The molecule has 1 aromatic carbocycles. The number of benzene rings is 1. The number of nitrogens with zero attached hydrogens (tertiary/aromatic N) is 5. The molecule has 0 saturated heterocycles. The lowest BCUT2D eigenvalue weighted by molar-refractivity contribution is -0.119. The Morgan fingerprint density at radius 3 is 2.56 bits per heavy atom. The van der Waals surface area contributed by atoms with Crippen LogP contribution in [0.1, 0.15) is 36.3 Å². The van der Waals surface area contributed by atoms with Gasteiger partial charge in [-0.25, -0.2) is 9.67 Å². The van der Waals surface area contributed by atoms with E-state index in [1.807, 2.05) is 51.1 Å². The summed E-state index contributed by atoms with van der Waals surface area (Å²) < 4.78 is 3.55. The normalized spacial score (nSPS) is 12.1. The predicted octanol–water partition coefficient (Wildman–Crippen LogP) is 2.73. The van der Waals surface area contributed by atoms with Crippen molar-refractivity contribution < 1.29 is 4.79 Å². The molecule has 0 aliphatic rings. The summed E-state index contributed by atoms with van der Waals surface area (Å²) in [6.07, 6.45) is 3.87. The van der Waals surface area contributed by atoms with Crippen molar-refractivity contribution in [1.29, 1.82) is 0 Å². The Morgan fingerprint density at radius 2 is 2.00 bits per heavy atom. The zero-order valence-electron chi connectivity index (χ0n) is 14.7. The summed E-state index contributed by atoms with van der Waals surface area (Å²) in [6.45, 7) is 6.54. The fourth-order valence-electron chi connectivity index (χ4n) is 2.85. The van der Waals surface area contributed by atoms with Gasteiger partial charge in [0.05, 0.1) is 12.2 Å². The third-order valence-corrected chi connectivity index (χ3v) is 4.06. The Morgan fingerprint density at radius 1 is 1.24 bits per heavy atom. The molecule has 0 saturated carbocycles. The fourth-order valence-corrected chi connectivity index (χ4v) is 2.85. The van der Waals surface area contributed by atoms with Crippen LogP contribution in [0.5, 0.6) is 0 Å². The van der Waals surface area contributed by atoms with Gasteiger partial charge in [0, 0.05) is 11.4 Å². The van der Waals surface area contributed by atoms with Crippen LogP contribution in [0.3, 0.4) is 0 Å². The van der Waals surface area contributed by atoms with Gasteiger partial charge in [-0.05, 0) is 44.0 Å². The Kier molecular flexibility index (Phi) is 4.92. The lowest BCUT2D eigenvalue weighted by Crippen LogP contribution is -2.27. The maximum absolute atomic E-state index is 12.7. The van der Waals surface area contributed by atoms with E-state index in [0.717, 1.165) is 22.6 Å². The lowest BCUT2D eigenvalue weighted by Gasteiger charge is -2.17. The molecule has 2 heterocycles. The number of hydrogen-bond acceptors (Lipinski definition) is 4. The maximum atomic E-state index is 12.7. The second-order valence-electron chi connectivity index (χ2n) is 6.07. The molecule has 7 nitrogen and oxygen atoms in total. The molecule has 130 valence electrons. The molecule has 1 amide bonds. The molecule has 1 N–H and O–H groups in total. The van der Waals surface area contributed by atoms with E-state index in [1.165, 1.54) is 6.33 Å². The molecule has 0 unspecified atom stereocenters. The molecular weight excluding hydrogens is 316 g/mol. The molecule has 25 heavy (non-hydrogen) atoms. The molecule has 7 heteroatoms. The van der Waals surface area contributed by atoms with Gasteiger partial charge in [-0.1, -0.05) is 19.1 Å². The quantitative estimate of drug-likeness (QED) is 0.749. The van der Waals surface area contributed by atoms with Crippen LogP contribution in [0.4, 0.5) is 5.69 Å². The Labute approximate surface area is 146 Å². The van der Waals surface area contributed by atoms with Gasteiger partial charge in [0.15, 0.2) is 0 Å². The Balaban J connectivity index is 1.68. The van der Waals surface area contributed by atoms with E-state index in [9.17, 15) is 4.79 Å². The number of aryl methyl sites for hydroxylation is 2. The van der Waals surface area contributed by atoms with E-state index in [-0.39, 0.29) is 11.9 Å². The number of aromatic nitrogens is 5. The number of anilines is 1. The van der Waals surface area contributed by atoms with Gasteiger partial charge in [-0.3, -0.25) is 9.48 Å². The summed E-state index contributed by atoms with van der Waals surface area (Å²) in [5, 5.41) is 11.5. The summed E-state index contributed by atoms with van der Waals surface area (Å²) in [4.78, 5) is 16.6. The van der Waals surface area contributed by atoms with Gasteiger partial charge in [0.25, 0.3) is 0 Å². The standard InChI is InChI=1S/C18H22N6O/c1-4-17(24-14(3)9-13(2)22-24)18(25)21-16-7-5-15(6-8-16)10-23-12-19-11-20-23/h5-9,11-12,17H,4,10H2,1-3H3,(H,21,25)/t17-/m0/s1. The second-order valence-corrected chi connectivity index (χ2v) is 6.07. The second kappa shape index (κ2) is 7.29. The highest BCUT2D eigenvalue weighted by Gasteiger charge is 2.21. The first-order chi connectivity index (χ1) is 12.1. The molecule has 2 aromatic heterocycles. The maximum Gasteiger partial charge on any atom is 0.249 e. The largest absolute Gasteiger partial charge is 0.324 e. The average molecular weight is 338 g/mol. The third kappa shape index (κ3) is 3.93. The summed E-state index contributed by atoms with van der Waals surface area (Å²) in [5.41, 5.74) is 3.77. The van der Waals surface area contributed by atoms with Crippen molar-refractivity contribution >= 4 is 11.6 Å². The molecule has 1 atom stereocenters. The van der Waals surface area contributed by atoms with Gasteiger partial charge in [0.2, 0.25) is 5.91 Å². The van der Waals surface area contributed by atoms with Crippen LogP contribution in [0.25, 0.3) is 0 Å². The van der Waals surface area contributed by atoms with Crippen LogP contribution >= 0.6 is 0 Å². The SMILES string of the molecule is CC[C@@H](C(=O)Nc1ccc(Cn2cncn2)cc1)n1nc(C)cc1C. The van der Waals surface area contributed by atoms with Crippen molar-refractivity contribution in [2.75, 3.05) is 5.32 Å². The van der Waals surface area contributed by atoms with Crippen LogP contribution < -0.4 is 5.32 Å². The zero-order chi connectivity index (χ0) is 17.8. The van der Waals surface area contributed by atoms with E-state index < -0.39 is 0 Å². The van der Waals surface area contributed by atoms with Crippen molar-refractivity contribution in [2.24, 2.45) is 0 Å². The summed E-state index contributed by atoms with van der Waals surface area (Å²) >= 11 is 0. The lowest BCUT2D eigenvalue weighted by atomic mass is 10.1. The zero-order valence-corrected chi connectivity index (χ0v) is 14.7. The summed E-state index contributed by atoms with van der Waals surface area (Å²) in [6, 6.07) is 9.41. The molecule has 0 fully saturated rings. The Bertz CT molecular complexity index is 835. The van der Waals surface area contributed by atoms with Crippen molar-refractivity contribution in [2.45, 2.75) is 39.8 Å². The first-order valence-electron chi connectivity index (χ1n) is 8.31. The number of nitrogens with one attached hydrogen (secondary N) is 1. The predicted molar refractivity (Wildman–Crippen MR) is 95.2 cm³/mol. The fraction of sp³-hybridized carbons (Fsp3) is 0.333. The van der Waals surface area contributed by atoms with Crippen LogP contribution in [-0.2, 0) is 11.3 Å². The monoisotopic (exact) mass is 338 g/mol. The highest BCUT2D eigenvalue weighted by molar-refractivity contribution is 5.93. The van der Waals surface area contributed by atoms with Gasteiger partial charge in [-0.15, -0.1) is 0 Å².